The van der Waals surface area contributed by atoms with E-state index in [1.807, 2.05) is 0 Å². The van der Waals surface area contributed by atoms with Gasteiger partial charge in [0.15, 0.2) is 0 Å². The lowest BCUT2D eigenvalue weighted by molar-refractivity contribution is 0.424. The number of nitrogens with two attached hydrogens (primary N) is 1. The van der Waals surface area contributed by atoms with Crippen LogP contribution in [0.25, 0.3) is 0 Å². The van der Waals surface area contributed by atoms with Gasteiger partial charge in [-0.2, -0.15) is 0 Å². The summed E-state index contributed by atoms with van der Waals surface area (Å²) in [6.07, 6.45) is 1.45. The Balaban J connectivity index is 2.59. The van der Waals surface area contributed by atoms with Crippen LogP contribution < -0.4 is 11.3 Å². The van der Waals surface area contributed by atoms with Crippen molar-refractivity contribution in [3.63, 3.8) is 0 Å². The van der Waals surface area contributed by atoms with Gasteiger partial charge in [0, 0.05) is 0 Å². The van der Waals surface area contributed by atoms with Crippen molar-refractivity contribution >= 4 is 15.9 Å². The molecule has 6 heteroatoms. The van der Waals surface area contributed by atoms with Crippen LogP contribution >= 0.6 is 15.9 Å². The summed E-state index contributed by atoms with van der Waals surface area (Å²) in [5, 5.41) is 0. The number of benzene rings is 1. The zero-order chi connectivity index (χ0) is 13.3. The molecule has 0 spiro atoms. The zero-order valence-corrected chi connectivity index (χ0v) is 11.1. The van der Waals surface area contributed by atoms with Crippen LogP contribution in [-0.4, -0.2) is 0 Å². The minimum Gasteiger partial charge on any atom is -0.467 e. The third-order valence-corrected chi connectivity index (χ3v) is 3.31. The molecule has 2 aromatic rings. The molecule has 1 aromatic carbocycles. The molecule has 0 saturated carbocycles. The van der Waals surface area contributed by atoms with E-state index in [1.165, 1.54) is 18.4 Å². The topological polar surface area (TPSA) is 51.2 Å². The molecule has 96 valence electrons. The van der Waals surface area contributed by atoms with Crippen LogP contribution in [0.5, 0.6) is 0 Å². The van der Waals surface area contributed by atoms with Crippen molar-refractivity contribution in [2.45, 2.75) is 13.0 Å². The van der Waals surface area contributed by atoms with Crippen molar-refractivity contribution in [1.82, 2.24) is 5.43 Å². The third kappa shape index (κ3) is 2.19. The summed E-state index contributed by atoms with van der Waals surface area (Å²) in [6.45, 7) is 1.77. The van der Waals surface area contributed by atoms with Crippen LogP contribution in [0.2, 0.25) is 0 Å². The van der Waals surface area contributed by atoms with Crippen molar-refractivity contribution in [1.29, 1.82) is 0 Å². The second-order valence-electron chi connectivity index (χ2n) is 3.82. The Morgan fingerprint density at radius 1 is 1.33 bits per heavy atom. The number of rotatable bonds is 3. The molecule has 1 aromatic heterocycles. The lowest BCUT2D eigenvalue weighted by Crippen LogP contribution is -2.30. The minimum absolute atomic E-state index is 0.170. The van der Waals surface area contributed by atoms with Crippen molar-refractivity contribution in [3.05, 3.63) is 57.5 Å². The van der Waals surface area contributed by atoms with Crippen molar-refractivity contribution < 1.29 is 13.2 Å². The van der Waals surface area contributed by atoms with Gasteiger partial charge < -0.3 is 4.42 Å². The molecule has 1 unspecified atom stereocenters. The van der Waals surface area contributed by atoms with E-state index < -0.39 is 17.7 Å². The molecule has 1 atom stereocenters. The summed E-state index contributed by atoms with van der Waals surface area (Å²) in [4.78, 5) is 0. The van der Waals surface area contributed by atoms with Crippen LogP contribution in [-0.2, 0) is 0 Å². The summed E-state index contributed by atoms with van der Waals surface area (Å²) >= 11 is 3.02. The van der Waals surface area contributed by atoms with Crippen LogP contribution in [0.4, 0.5) is 8.78 Å². The summed E-state index contributed by atoms with van der Waals surface area (Å²) in [7, 11) is 0. The Bertz CT molecular complexity index is 571. The van der Waals surface area contributed by atoms with Crippen LogP contribution in [0.15, 0.2) is 33.4 Å². The largest absolute Gasteiger partial charge is 0.467 e. The highest BCUT2D eigenvalue weighted by Crippen LogP contribution is 2.31. The smallest absolute Gasteiger partial charge is 0.145 e. The fraction of sp³-hybridized carbons (Fsp3) is 0.167. The molecule has 0 saturated heterocycles. The lowest BCUT2D eigenvalue weighted by Gasteiger charge is -2.17. The Morgan fingerprint density at radius 3 is 2.61 bits per heavy atom. The quantitative estimate of drug-likeness (QED) is 0.519. The van der Waals surface area contributed by atoms with Gasteiger partial charge in [0.25, 0.3) is 0 Å². The highest BCUT2D eigenvalue weighted by molar-refractivity contribution is 9.10. The second kappa shape index (κ2) is 5.17. The molecule has 2 rings (SSSR count). The van der Waals surface area contributed by atoms with Crippen molar-refractivity contribution in [2.75, 3.05) is 0 Å². The number of halogens is 3. The average molecular weight is 317 g/mol. The number of hydrogen-bond acceptors (Lipinski definition) is 3. The van der Waals surface area contributed by atoms with E-state index in [9.17, 15) is 8.78 Å². The maximum atomic E-state index is 14.0. The molecule has 0 bridgehead atoms. The first-order chi connectivity index (χ1) is 8.56. The van der Waals surface area contributed by atoms with Gasteiger partial charge in [0.1, 0.15) is 23.4 Å². The molecule has 3 N–H and O–H groups in total. The molecular formula is C12H11BrF2N2O. The predicted octanol–water partition coefficient (Wildman–Crippen LogP) is 3.18. The molecule has 1 heterocycles. The Hall–Kier alpha value is -1.24. The van der Waals surface area contributed by atoms with Gasteiger partial charge in [-0.25, -0.2) is 14.2 Å². The first-order valence-corrected chi connectivity index (χ1v) is 5.99. The normalized spacial score (nSPS) is 12.7. The lowest BCUT2D eigenvalue weighted by atomic mass is 10.0. The molecule has 0 fully saturated rings. The Morgan fingerprint density at radius 2 is 2.06 bits per heavy atom. The molecule has 18 heavy (non-hydrogen) atoms. The number of hydrogen-bond donors (Lipinski definition) is 2. The molecule has 0 aliphatic carbocycles. The van der Waals surface area contributed by atoms with Gasteiger partial charge in [0.05, 0.1) is 16.3 Å². The van der Waals surface area contributed by atoms with E-state index in [4.69, 9.17) is 10.3 Å². The van der Waals surface area contributed by atoms with E-state index in [2.05, 4.69) is 21.4 Å². The summed E-state index contributed by atoms with van der Waals surface area (Å²) in [5.41, 5.74) is 2.96. The molecule has 0 aliphatic rings. The molecule has 0 amide bonds. The first kappa shape index (κ1) is 13.2. The zero-order valence-electron chi connectivity index (χ0n) is 9.51. The maximum Gasteiger partial charge on any atom is 0.145 e. The highest BCUT2D eigenvalue weighted by Gasteiger charge is 2.26. The van der Waals surface area contributed by atoms with Crippen LogP contribution in [0.1, 0.15) is 22.9 Å². The Kier molecular flexibility index (Phi) is 3.79. The van der Waals surface area contributed by atoms with Gasteiger partial charge in [-0.15, -0.1) is 0 Å². The minimum atomic E-state index is -0.877. The van der Waals surface area contributed by atoms with E-state index in [0.29, 0.717) is 5.76 Å². The second-order valence-corrected chi connectivity index (χ2v) is 4.68. The maximum absolute atomic E-state index is 14.0. The van der Waals surface area contributed by atoms with Gasteiger partial charge in [-0.05, 0) is 46.6 Å². The van der Waals surface area contributed by atoms with Gasteiger partial charge >= 0.3 is 0 Å². The van der Waals surface area contributed by atoms with Crippen LogP contribution in [0, 0.1) is 18.6 Å². The molecule has 0 aliphatic heterocycles. The third-order valence-electron chi connectivity index (χ3n) is 2.70. The number of aryl methyl sites for hydroxylation is 1. The van der Waals surface area contributed by atoms with Gasteiger partial charge in [-0.1, -0.05) is 0 Å². The summed E-state index contributed by atoms with van der Waals surface area (Å²) in [5.74, 6) is 4.39. The van der Waals surface area contributed by atoms with E-state index in [-0.39, 0.29) is 10.0 Å². The Labute approximate surface area is 111 Å². The standard InChI is InChI=1S/C12H11BrF2N2O/c1-6-4-5-18-12(6)11(17-16)9-8(14)3-2-7(13)10(9)15/h2-5,11,17H,16H2,1H3. The predicted molar refractivity (Wildman–Crippen MR) is 66.7 cm³/mol. The van der Waals surface area contributed by atoms with Crippen molar-refractivity contribution in [3.8, 4) is 0 Å². The average Bonchev–Trinajstić information content (AvgIpc) is 2.76. The van der Waals surface area contributed by atoms with Gasteiger partial charge in [0.2, 0.25) is 0 Å². The first-order valence-electron chi connectivity index (χ1n) is 5.19. The summed E-state index contributed by atoms with van der Waals surface area (Å²) < 4.78 is 33.2. The molecule has 0 radical (unpaired) electrons. The summed E-state index contributed by atoms with van der Waals surface area (Å²) in [6, 6.07) is 3.30. The SMILES string of the molecule is Cc1ccoc1C(NN)c1c(F)ccc(Br)c1F. The van der Waals surface area contributed by atoms with E-state index in [1.54, 1.807) is 13.0 Å². The monoisotopic (exact) mass is 316 g/mol. The fourth-order valence-electron chi connectivity index (χ4n) is 1.78. The van der Waals surface area contributed by atoms with Crippen molar-refractivity contribution in [2.24, 2.45) is 5.84 Å². The number of furan rings is 1. The van der Waals surface area contributed by atoms with E-state index in [0.717, 1.165) is 5.56 Å². The fourth-order valence-corrected chi connectivity index (χ4v) is 2.12. The van der Waals surface area contributed by atoms with Crippen LogP contribution in [0.3, 0.4) is 0 Å². The number of nitrogens with one attached hydrogen (secondary N) is 1. The van der Waals surface area contributed by atoms with E-state index >= 15 is 0 Å². The van der Waals surface area contributed by atoms with Gasteiger partial charge in [-0.3, -0.25) is 5.84 Å². The molecule has 3 nitrogen and oxygen atoms in total. The molecular weight excluding hydrogens is 306 g/mol. The number of hydrazine groups is 1. The highest BCUT2D eigenvalue weighted by atomic mass is 79.9.